The molecule has 3 aromatic carbocycles. The van der Waals surface area contributed by atoms with Gasteiger partial charge in [-0.1, -0.05) is 80.9 Å². The molecule has 2 amide bonds. The number of hydrogen-bond donors (Lipinski definition) is 3. The Bertz CT molecular complexity index is 1700. The van der Waals surface area contributed by atoms with Gasteiger partial charge in [0, 0.05) is 22.6 Å². The summed E-state index contributed by atoms with van der Waals surface area (Å²) in [5.41, 5.74) is 4.73. The predicted octanol–water partition coefficient (Wildman–Crippen LogP) is 7.25. The standard InChI is InChI=1S/C35H41N5O3S/c1-25-10-16-30(17-11-25)40-32(24-31(39-40)35(2,3)4)38-34(41)37-29-14-12-27(13-15-29)33(28-18-21-36-22-19-28)44(42,43)23-20-26-8-6-5-7-9-26/h5-17,20,23-24,28,33,36H,18-19,21-22H2,1-4H3,(H2,37,38,41). The van der Waals surface area contributed by atoms with Gasteiger partial charge in [0.25, 0.3) is 0 Å². The number of rotatable bonds is 8. The second-order valence-electron chi connectivity index (χ2n) is 12.4. The molecule has 0 radical (unpaired) electrons. The summed E-state index contributed by atoms with van der Waals surface area (Å²) in [6.45, 7) is 9.83. The van der Waals surface area contributed by atoms with E-state index in [2.05, 4.69) is 36.7 Å². The second kappa shape index (κ2) is 13.2. The van der Waals surface area contributed by atoms with Crippen LogP contribution in [0.4, 0.5) is 16.3 Å². The van der Waals surface area contributed by atoms with Crippen molar-refractivity contribution in [3.05, 3.63) is 113 Å². The number of aryl methyl sites for hydroxylation is 1. The van der Waals surface area contributed by atoms with Gasteiger partial charge < -0.3 is 10.6 Å². The number of anilines is 2. The minimum Gasteiger partial charge on any atom is -0.317 e. The highest BCUT2D eigenvalue weighted by Crippen LogP contribution is 2.37. The number of piperidine rings is 1. The third kappa shape index (κ3) is 7.65. The molecule has 0 spiro atoms. The lowest BCUT2D eigenvalue weighted by atomic mass is 9.90. The molecule has 9 heteroatoms. The normalized spacial score (nSPS) is 15.3. The van der Waals surface area contributed by atoms with Crippen LogP contribution in [0, 0.1) is 12.8 Å². The maximum Gasteiger partial charge on any atom is 0.324 e. The van der Waals surface area contributed by atoms with Crippen molar-refractivity contribution in [1.29, 1.82) is 0 Å². The molecular formula is C35H41N5O3S. The van der Waals surface area contributed by atoms with Gasteiger partial charge in [-0.25, -0.2) is 17.9 Å². The van der Waals surface area contributed by atoms with E-state index < -0.39 is 21.1 Å². The fraction of sp³-hybridized carbons (Fsp3) is 0.314. The molecule has 4 aromatic rings. The number of carbonyl (C=O) groups is 1. The zero-order valence-electron chi connectivity index (χ0n) is 25.7. The highest BCUT2D eigenvalue weighted by atomic mass is 32.2. The average molecular weight is 612 g/mol. The van der Waals surface area contributed by atoms with Gasteiger partial charge >= 0.3 is 6.03 Å². The summed E-state index contributed by atoms with van der Waals surface area (Å²) in [7, 11) is -3.61. The third-order valence-corrected chi connectivity index (χ3v) is 9.79. The first-order chi connectivity index (χ1) is 21.0. The van der Waals surface area contributed by atoms with E-state index in [4.69, 9.17) is 5.10 Å². The zero-order chi connectivity index (χ0) is 31.3. The van der Waals surface area contributed by atoms with E-state index in [1.165, 1.54) is 5.41 Å². The lowest BCUT2D eigenvalue weighted by Crippen LogP contribution is -2.33. The van der Waals surface area contributed by atoms with Crippen molar-refractivity contribution >= 4 is 33.4 Å². The quantitative estimate of drug-likeness (QED) is 0.195. The summed E-state index contributed by atoms with van der Waals surface area (Å²) in [6.07, 6.45) is 3.21. The van der Waals surface area contributed by atoms with Crippen molar-refractivity contribution in [2.24, 2.45) is 5.92 Å². The summed E-state index contributed by atoms with van der Waals surface area (Å²) in [5.74, 6) is 0.540. The first kappa shape index (κ1) is 31.2. The minimum atomic E-state index is -3.61. The number of hydrogen-bond acceptors (Lipinski definition) is 5. The van der Waals surface area contributed by atoms with E-state index in [-0.39, 0.29) is 11.3 Å². The van der Waals surface area contributed by atoms with Crippen LogP contribution < -0.4 is 16.0 Å². The van der Waals surface area contributed by atoms with Crippen molar-refractivity contribution in [2.75, 3.05) is 23.7 Å². The third-order valence-electron chi connectivity index (χ3n) is 7.91. The van der Waals surface area contributed by atoms with Crippen LogP contribution in [0.5, 0.6) is 0 Å². The predicted molar refractivity (Wildman–Crippen MR) is 179 cm³/mol. The van der Waals surface area contributed by atoms with Gasteiger partial charge in [0.15, 0.2) is 9.84 Å². The van der Waals surface area contributed by atoms with Crippen molar-refractivity contribution in [3.8, 4) is 5.69 Å². The van der Waals surface area contributed by atoms with E-state index in [1.54, 1.807) is 22.9 Å². The molecule has 1 aliphatic heterocycles. The monoisotopic (exact) mass is 611 g/mol. The summed E-state index contributed by atoms with van der Waals surface area (Å²) < 4.78 is 29.2. The fourth-order valence-electron chi connectivity index (χ4n) is 5.45. The number of nitrogens with one attached hydrogen (secondary N) is 3. The molecule has 3 N–H and O–H groups in total. The van der Waals surface area contributed by atoms with E-state index in [1.807, 2.05) is 79.7 Å². The molecule has 1 unspecified atom stereocenters. The molecule has 0 aliphatic carbocycles. The van der Waals surface area contributed by atoms with E-state index in [0.717, 1.165) is 48.4 Å². The van der Waals surface area contributed by atoms with E-state index >= 15 is 0 Å². The van der Waals surface area contributed by atoms with Crippen molar-refractivity contribution in [1.82, 2.24) is 15.1 Å². The lowest BCUT2D eigenvalue weighted by molar-refractivity contribution is 0.262. The Kier molecular flexibility index (Phi) is 9.36. The number of amides is 2. The largest absolute Gasteiger partial charge is 0.324 e. The van der Waals surface area contributed by atoms with Crippen LogP contribution in [0.15, 0.2) is 90.3 Å². The van der Waals surface area contributed by atoms with Gasteiger partial charge in [0.05, 0.1) is 16.6 Å². The number of carbonyl (C=O) groups excluding carboxylic acids is 1. The van der Waals surface area contributed by atoms with Crippen molar-refractivity contribution < 1.29 is 13.2 Å². The second-order valence-corrected chi connectivity index (χ2v) is 14.4. The van der Waals surface area contributed by atoms with Crippen molar-refractivity contribution in [2.45, 2.75) is 51.2 Å². The molecule has 44 heavy (non-hydrogen) atoms. The molecule has 1 saturated heterocycles. The zero-order valence-corrected chi connectivity index (χ0v) is 26.6. The van der Waals surface area contributed by atoms with Crippen LogP contribution in [-0.4, -0.2) is 37.3 Å². The van der Waals surface area contributed by atoms with Gasteiger partial charge in [-0.15, -0.1) is 0 Å². The maximum absolute atomic E-state index is 13.7. The topological polar surface area (TPSA) is 105 Å². The van der Waals surface area contributed by atoms with Gasteiger partial charge in [-0.05, 0) is 80.2 Å². The van der Waals surface area contributed by atoms with Gasteiger partial charge in [0.2, 0.25) is 0 Å². The highest BCUT2D eigenvalue weighted by molar-refractivity contribution is 7.94. The van der Waals surface area contributed by atoms with Crippen LogP contribution in [0.3, 0.4) is 0 Å². The maximum atomic E-state index is 13.7. The average Bonchev–Trinajstić information content (AvgIpc) is 3.43. The number of sulfone groups is 1. The van der Waals surface area contributed by atoms with Crippen LogP contribution in [0.2, 0.25) is 0 Å². The Morgan fingerprint density at radius 3 is 2.25 bits per heavy atom. The number of nitrogens with zero attached hydrogens (tertiary/aromatic N) is 2. The first-order valence-electron chi connectivity index (χ1n) is 15.0. The van der Waals surface area contributed by atoms with Gasteiger partial charge in [0.1, 0.15) is 5.82 Å². The fourth-order valence-corrected chi connectivity index (χ4v) is 7.31. The molecular weight excluding hydrogens is 570 g/mol. The first-order valence-corrected chi connectivity index (χ1v) is 16.6. The Labute approximate surface area is 260 Å². The molecule has 1 atom stereocenters. The van der Waals surface area contributed by atoms with Crippen LogP contribution in [0.1, 0.15) is 61.2 Å². The molecule has 2 heterocycles. The number of aromatic nitrogens is 2. The Balaban J connectivity index is 1.35. The summed E-state index contributed by atoms with van der Waals surface area (Å²) in [5, 5.41) is 14.6. The van der Waals surface area contributed by atoms with Crippen LogP contribution in [0.25, 0.3) is 11.8 Å². The molecule has 0 bridgehead atoms. The molecule has 1 fully saturated rings. The number of benzene rings is 3. The number of urea groups is 1. The Hall–Kier alpha value is -4.21. The SMILES string of the molecule is Cc1ccc(-n2nc(C(C)(C)C)cc2NC(=O)Nc2ccc(C(C3CCNCC3)S(=O)(=O)C=Cc3ccccc3)cc2)cc1. The van der Waals surface area contributed by atoms with Crippen LogP contribution >= 0.6 is 0 Å². The molecule has 0 saturated carbocycles. The molecule has 230 valence electrons. The van der Waals surface area contributed by atoms with Gasteiger partial charge in [-0.2, -0.15) is 5.10 Å². The lowest BCUT2D eigenvalue weighted by Gasteiger charge is -2.30. The molecule has 1 aliphatic rings. The molecule has 1 aromatic heterocycles. The minimum absolute atomic E-state index is 0.0112. The summed E-state index contributed by atoms with van der Waals surface area (Å²) in [4.78, 5) is 13.1. The van der Waals surface area contributed by atoms with Gasteiger partial charge in [-0.3, -0.25) is 5.32 Å². The van der Waals surface area contributed by atoms with E-state index in [0.29, 0.717) is 17.1 Å². The highest BCUT2D eigenvalue weighted by Gasteiger charge is 2.34. The summed E-state index contributed by atoms with van der Waals surface area (Å²) >= 11 is 0. The van der Waals surface area contributed by atoms with Crippen LogP contribution in [-0.2, 0) is 15.3 Å². The summed E-state index contributed by atoms with van der Waals surface area (Å²) in [6, 6.07) is 26.0. The van der Waals surface area contributed by atoms with E-state index in [9.17, 15) is 13.2 Å². The molecule has 5 rings (SSSR count). The Morgan fingerprint density at radius 1 is 0.955 bits per heavy atom. The van der Waals surface area contributed by atoms with Crippen molar-refractivity contribution in [3.63, 3.8) is 0 Å². The smallest absolute Gasteiger partial charge is 0.317 e. The molecule has 8 nitrogen and oxygen atoms in total. The Morgan fingerprint density at radius 2 is 1.61 bits per heavy atom.